The third-order valence-electron chi connectivity index (χ3n) is 4.40. The van der Waals surface area contributed by atoms with E-state index in [1.807, 2.05) is 25.1 Å². The summed E-state index contributed by atoms with van der Waals surface area (Å²) in [6.45, 7) is 2.01. The lowest BCUT2D eigenvalue weighted by molar-refractivity contribution is 0.0944. The number of nitriles is 1. The highest BCUT2D eigenvalue weighted by molar-refractivity contribution is 5.99. The lowest BCUT2D eigenvalue weighted by Gasteiger charge is -2.12. The Hall–Kier alpha value is -2.28. The first kappa shape index (κ1) is 14.6. The summed E-state index contributed by atoms with van der Waals surface area (Å²) in [6, 6.07) is 7.51. The van der Waals surface area contributed by atoms with Gasteiger partial charge in [-0.25, -0.2) is 0 Å². The van der Waals surface area contributed by atoms with Gasteiger partial charge >= 0.3 is 0 Å². The number of amides is 1. The molecule has 0 bridgehead atoms. The van der Waals surface area contributed by atoms with Gasteiger partial charge in [-0.15, -0.1) is 0 Å². The molecule has 4 nitrogen and oxygen atoms in total. The molecule has 1 atom stereocenters. The number of hydrogen-bond donors (Lipinski definition) is 2. The van der Waals surface area contributed by atoms with Gasteiger partial charge < -0.3 is 10.3 Å². The van der Waals surface area contributed by atoms with Gasteiger partial charge in [-0.2, -0.15) is 5.26 Å². The van der Waals surface area contributed by atoms with Gasteiger partial charge in [0.15, 0.2) is 0 Å². The zero-order valence-electron chi connectivity index (χ0n) is 12.9. The number of aromatic amines is 1. The SMILES string of the molecule is CCC[C@@H](C#N)NC(=O)c1ccc2[nH]c3c(c2c1)CCCC3. The normalized spacial score (nSPS) is 15.1. The Kier molecular flexibility index (Phi) is 4.15. The predicted octanol–water partition coefficient (Wildman–Crippen LogP) is 3.47. The van der Waals surface area contributed by atoms with Crippen LogP contribution in [-0.4, -0.2) is 16.9 Å². The van der Waals surface area contributed by atoms with Crippen LogP contribution in [0.25, 0.3) is 10.9 Å². The molecule has 0 saturated heterocycles. The lowest BCUT2D eigenvalue weighted by Crippen LogP contribution is -2.33. The lowest BCUT2D eigenvalue weighted by atomic mass is 9.95. The van der Waals surface area contributed by atoms with E-state index in [2.05, 4.69) is 16.4 Å². The predicted molar refractivity (Wildman–Crippen MR) is 86.7 cm³/mol. The van der Waals surface area contributed by atoms with Crippen LogP contribution in [0.5, 0.6) is 0 Å². The number of carbonyl (C=O) groups is 1. The third-order valence-corrected chi connectivity index (χ3v) is 4.40. The van der Waals surface area contributed by atoms with Crippen molar-refractivity contribution in [3.63, 3.8) is 0 Å². The van der Waals surface area contributed by atoms with E-state index >= 15 is 0 Å². The fourth-order valence-corrected chi connectivity index (χ4v) is 3.25. The number of nitrogens with zero attached hydrogens (tertiary/aromatic N) is 1. The minimum Gasteiger partial charge on any atom is -0.358 e. The minimum absolute atomic E-state index is 0.160. The van der Waals surface area contributed by atoms with Gasteiger partial charge in [0.05, 0.1) is 6.07 Å². The molecule has 0 spiro atoms. The Morgan fingerprint density at radius 3 is 3.00 bits per heavy atom. The number of aryl methyl sites for hydroxylation is 2. The first-order valence-electron chi connectivity index (χ1n) is 8.07. The summed E-state index contributed by atoms with van der Waals surface area (Å²) >= 11 is 0. The molecule has 1 aromatic heterocycles. The highest BCUT2D eigenvalue weighted by Crippen LogP contribution is 2.29. The number of carbonyl (C=O) groups excluding carboxylic acids is 1. The molecule has 2 aromatic rings. The molecule has 1 heterocycles. The average Bonchev–Trinajstić information content (AvgIpc) is 2.92. The molecule has 1 amide bonds. The van der Waals surface area contributed by atoms with Crippen LogP contribution in [0.4, 0.5) is 0 Å². The molecule has 0 aliphatic heterocycles. The molecule has 114 valence electrons. The van der Waals surface area contributed by atoms with Gasteiger partial charge in [-0.1, -0.05) is 13.3 Å². The van der Waals surface area contributed by atoms with Gasteiger partial charge in [0.1, 0.15) is 6.04 Å². The summed E-state index contributed by atoms with van der Waals surface area (Å²) in [5.41, 5.74) is 4.42. The molecule has 2 N–H and O–H groups in total. The Bertz CT molecular complexity index is 739. The maximum Gasteiger partial charge on any atom is 0.252 e. The molecule has 0 unspecified atom stereocenters. The van der Waals surface area contributed by atoms with E-state index in [1.54, 1.807) is 0 Å². The van der Waals surface area contributed by atoms with Crippen molar-refractivity contribution < 1.29 is 4.79 Å². The molecule has 0 saturated carbocycles. The Labute approximate surface area is 130 Å². The summed E-state index contributed by atoms with van der Waals surface area (Å²) in [5.74, 6) is -0.160. The van der Waals surface area contributed by atoms with Gasteiger partial charge in [-0.05, 0) is 55.9 Å². The van der Waals surface area contributed by atoms with Gasteiger partial charge in [0.2, 0.25) is 0 Å². The second-order valence-corrected chi connectivity index (χ2v) is 5.99. The Balaban J connectivity index is 1.88. The standard InChI is InChI=1S/C18H21N3O/c1-2-5-13(11-19)20-18(22)12-8-9-17-15(10-12)14-6-3-4-7-16(14)21-17/h8-10,13,21H,2-7H2,1H3,(H,20,22)/t13-/m0/s1. The molecule has 22 heavy (non-hydrogen) atoms. The van der Waals surface area contributed by atoms with E-state index < -0.39 is 6.04 Å². The van der Waals surface area contributed by atoms with Crippen molar-refractivity contribution in [2.24, 2.45) is 0 Å². The molecule has 1 aromatic carbocycles. The zero-order valence-corrected chi connectivity index (χ0v) is 12.9. The van der Waals surface area contributed by atoms with Crippen LogP contribution >= 0.6 is 0 Å². The van der Waals surface area contributed by atoms with Crippen molar-refractivity contribution in [3.05, 3.63) is 35.0 Å². The van der Waals surface area contributed by atoms with Crippen LogP contribution in [0.3, 0.4) is 0 Å². The third kappa shape index (κ3) is 2.71. The van der Waals surface area contributed by atoms with Crippen molar-refractivity contribution >= 4 is 16.8 Å². The highest BCUT2D eigenvalue weighted by Gasteiger charge is 2.18. The van der Waals surface area contributed by atoms with Crippen molar-refractivity contribution in [2.45, 2.75) is 51.5 Å². The minimum atomic E-state index is -0.409. The van der Waals surface area contributed by atoms with Gasteiger partial charge in [-0.3, -0.25) is 4.79 Å². The topological polar surface area (TPSA) is 68.7 Å². The maximum absolute atomic E-state index is 12.4. The summed E-state index contributed by atoms with van der Waals surface area (Å²) in [4.78, 5) is 15.8. The quantitative estimate of drug-likeness (QED) is 0.906. The maximum atomic E-state index is 12.4. The van der Waals surface area contributed by atoms with Gasteiger partial charge in [0.25, 0.3) is 5.91 Å². The highest BCUT2D eigenvalue weighted by atomic mass is 16.1. The van der Waals surface area contributed by atoms with Crippen LogP contribution in [0.15, 0.2) is 18.2 Å². The van der Waals surface area contributed by atoms with E-state index in [0.29, 0.717) is 12.0 Å². The first-order valence-corrected chi connectivity index (χ1v) is 8.07. The molecule has 1 aliphatic carbocycles. The molecular weight excluding hydrogens is 274 g/mol. The zero-order chi connectivity index (χ0) is 15.5. The van der Waals surface area contributed by atoms with Crippen LogP contribution in [-0.2, 0) is 12.8 Å². The summed E-state index contributed by atoms with van der Waals surface area (Å²) < 4.78 is 0. The molecular formula is C18H21N3O. The van der Waals surface area contributed by atoms with Crippen LogP contribution < -0.4 is 5.32 Å². The average molecular weight is 295 g/mol. The van der Waals surface area contributed by atoms with Crippen molar-refractivity contribution in [2.75, 3.05) is 0 Å². The Morgan fingerprint density at radius 2 is 2.23 bits per heavy atom. The smallest absolute Gasteiger partial charge is 0.252 e. The Morgan fingerprint density at radius 1 is 1.41 bits per heavy atom. The van der Waals surface area contributed by atoms with E-state index in [1.165, 1.54) is 24.1 Å². The fourth-order valence-electron chi connectivity index (χ4n) is 3.25. The number of H-pyrrole nitrogens is 1. The first-order chi connectivity index (χ1) is 10.7. The van der Waals surface area contributed by atoms with Crippen LogP contribution in [0.2, 0.25) is 0 Å². The fraction of sp³-hybridized carbons (Fsp3) is 0.444. The summed E-state index contributed by atoms with van der Waals surface area (Å²) in [7, 11) is 0. The summed E-state index contributed by atoms with van der Waals surface area (Å²) in [5, 5.41) is 13.0. The van der Waals surface area contributed by atoms with Gasteiger partial charge in [0, 0.05) is 22.2 Å². The second kappa shape index (κ2) is 6.23. The molecule has 3 rings (SSSR count). The molecule has 1 aliphatic rings. The van der Waals surface area contributed by atoms with Crippen LogP contribution in [0.1, 0.15) is 54.2 Å². The number of fused-ring (bicyclic) bond motifs is 3. The summed E-state index contributed by atoms with van der Waals surface area (Å²) in [6.07, 6.45) is 6.18. The second-order valence-electron chi connectivity index (χ2n) is 5.99. The number of benzene rings is 1. The molecule has 4 heteroatoms. The van der Waals surface area contributed by atoms with Crippen LogP contribution in [0, 0.1) is 11.3 Å². The van der Waals surface area contributed by atoms with E-state index in [4.69, 9.17) is 5.26 Å². The largest absolute Gasteiger partial charge is 0.358 e. The van der Waals surface area contributed by atoms with E-state index in [-0.39, 0.29) is 5.91 Å². The van der Waals surface area contributed by atoms with Crippen molar-refractivity contribution in [3.8, 4) is 6.07 Å². The van der Waals surface area contributed by atoms with E-state index in [9.17, 15) is 4.79 Å². The molecule has 0 fully saturated rings. The number of aromatic nitrogens is 1. The monoisotopic (exact) mass is 295 g/mol. The number of hydrogen-bond acceptors (Lipinski definition) is 2. The number of nitrogens with one attached hydrogen (secondary N) is 2. The van der Waals surface area contributed by atoms with Crippen molar-refractivity contribution in [1.82, 2.24) is 10.3 Å². The van der Waals surface area contributed by atoms with E-state index in [0.717, 1.165) is 30.2 Å². The number of rotatable bonds is 4. The van der Waals surface area contributed by atoms with Crippen molar-refractivity contribution in [1.29, 1.82) is 5.26 Å². The molecule has 0 radical (unpaired) electrons.